The molecule has 2 saturated carbocycles. The summed E-state index contributed by atoms with van der Waals surface area (Å²) in [4.78, 5) is 30.0. The number of benzene rings is 2. The Morgan fingerprint density at radius 2 is 1.78 bits per heavy atom. The molecule has 1 atom stereocenters. The summed E-state index contributed by atoms with van der Waals surface area (Å²) in [6.07, 6.45) is 11.6. The molecule has 17 heteroatoms. The van der Waals surface area contributed by atoms with E-state index in [0.717, 1.165) is 89.7 Å². The van der Waals surface area contributed by atoms with Gasteiger partial charge in [-0.25, -0.2) is 22.5 Å². The number of piperazine rings is 1. The quantitative estimate of drug-likeness (QED) is 0.0846. The fourth-order valence-corrected chi connectivity index (χ4v) is 12.3. The van der Waals surface area contributed by atoms with E-state index in [2.05, 4.69) is 72.8 Å². The molecule has 0 unspecified atom stereocenters. The zero-order valence-electron chi connectivity index (χ0n) is 40.3. The Hall–Kier alpha value is -5.17. The predicted octanol–water partition coefficient (Wildman–Crippen LogP) is 7.73. The number of aromatic nitrogens is 2. The SMILES string of the molecule is CC(C)c1ccccc1[C@@H]1CN(CCN)CCN1C1CC2(CCN(c3ccc(C(=O)NS(=O)(=O)c4cnc(NCC5CCC(C)(O)CC5)c(N(C)[O-])c4)c(Oc4cnc5c(c4)C(F)=CC5)c3)CC2)C1. The minimum absolute atomic E-state index is 0.00889. The number of allylic oxidation sites excluding steroid dienone is 1. The Bertz CT molecular complexity index is 2650. The lowest BCUT2D eigenvalue weighted by Crippen LogP contribution is -2.60. The molecule has 69 heavy (non-hydrogen) atoms. The average molecular weight is 965 g/mol. The van der Waals surface area contributed by atoms with Crippen LogP contribution in [-0.2, 0) is 16.4 Å². The zero-order chi connectivity index (χ0) is 48.7. The van der Waals surface area contributed by atoms with Crippen LogP contribution in [0, 0.1) is 16.5 Å². The topological polar surface area (TPSA) is 193 Å². The lowest BCUT2D eigenvalue weighted by atomic mass is 9.59. The molecule has 4 fully saturated rings. The van der Waals surface area contributed by atoms with Gasteiger partial charge >= 0.3 is 0 Å². The van der Waals surface area contributed by atoms with Crippen molar-refractivity contribution in [2.75, 3.05) is 74.7 Å². The highest BCUT2D eigenvalue weighted by Gasteiger charge is 2.50. The Morgan fingerprint density at radius 3 is 2.51 bits per heavy atom. The van der Waals surface area contributed by atoms with Crippen molar-refractivity contribution in [2.24, 2.45) is 17.1 Å². The Balaban J connectivity index is 0.903. The summed E-state index contributed by atoms with van der Waals surface area (Å²) in [5.41, 5.74) is 10.0. The number of rotatable bonds is 15. The first-order valence-electron chi connectivity index (χ1n) is 24.6. The van der Waals surface area contributed by atoms with Crippen molar-refractivity contribution in [2.45, 2.75) is 107 Å². The summed E-state index contributed by atoms with van der Waals surface area (Å²) in [5.74, 6) is -0.201. The molecule has 2 aliphatic heterocycles. The average Bonchev–Trinajstić information content (AvgIpc) is 3.69. The van der Waals surface area contributed by atoms with Gasteiger partial charge in [0.15, 0.2) is 0 Å². The number of hydrogen-bond donors (Lipinski definition) is 4. The highest BCUT2D eigenvalue weighted by Crippen LogP contribution is 2.53. The van der Waals surface area contributed by atoms with E-state index in [1.54, 1.807) is 18.2 Å². The van der Waals surface area contributed by atoms with E-state index in [-0.39, 0.29) is 44.8 Å². The van der Waals surface area contributed by atoms with E-state index < -0.39 is 27.4 Å². The maximum Gasteiger partial charge on any atom is 0.268 e. The smallest absolute Gasteiger partial charge is 0.268 e. The first kappa shape index (κ1) is 48.8. The van der Waals surface area contributed by atoms with E-state index in [1.165, 1.54) is 42.6 Å². The fraction of sp³-hybridized carbons (Fsp3) is 0.519. The number of amides is 1. The number of piperidine rings is 1. The summed E-state index contributed by atoms with van der Waals surface area (Å²) < 4.78 is 50.9. The summed E-state index contributed by atoms with van der Waals surface area (Å²) in [6, 6.07) is 17.5. The van der Waals surface area contributed by atoms with Gasteiger partial charge in [-0.3, -0.25) is 19.6 Å². The number of carbonyl (C=O) groups is 1. The number of halogens is 1. The number of ether oxygens (including phenoxy) is 1. The number of sulfonamides is 1. The summed E-state index contributed by atoms with van der Waals surface area (Å²) in [6.45, 7) is 13.0. The molecule has 9 rings (SSSR count). The number of nitrogens with two attached hydrogens (primary N) is 1. The third kappa shape index (κ3) is 10.6. The Morgan fingerprint density at radius 1 is 1.03 bits per heavy atom. The number of pyridine rings is 2. The first-order chi connectivity index (χ1) is 33.0. The van der Waals surface area contributed by atoms with Gasteiger partial charge in [0.1, 0.15) is 28.0 Å². The molecular weight excluding hydrogens is 898 g/mol. The molecule has 3 aliphatic carbocycles. The van der Waals surface area contributed by atoms with Crippen LogP contribution in [0.4, 0.5) is 21.6 Å². The molecule has 2 aromatic heterocycles. The van der Waals surface area contributed by atoms with Crippen LogP contribution in [0.5, 0.6) is 11.5 Å². The molecule has 370 valence electrons. The van der Waals surface area contributed by atoms with E-state index in [1.807, 2.05) is 6.92 Å². The maximum absolute atomic E-state index is 14.7. The number of hydroxylamine groups is 1. The second-order valence-electron chi connectivity index (χ2n) is 20.7. The Labute approximate surface area is 405 Å². The standard InChI is InChI=1S/C52H67FN9O6S/c1-34(2)40-7-5-6-8-41(40)47-33-60(22-19-54)23-24-62(47)37-28-52(29-37)17-20-61(21-18-52)36-9-10-42(48(25-36)68-38-26-43-44(53)11-12-45(43)55-31-38)50(63)58-69(66,67)39-27-46(59(4)65)49(57-32-39)56-30-35-13-15-51(3,64)16-14-35/h5-11,25-27,31-32,34-35,37,47,64H,12-24,28-30,33,54H2,1-4H3,(H,56,57)(H,58,63)/q-1/t35?,47-,51?/m0/s1. The minimum atomic E-state index is -4.55. The number of nitrogens with zero attached hydrogens (tertiary/aromatic N) is 6. The normalized spacial score (nSPS) is 23.1. The number of anilines is 3. The van der Waals surface area contributed by atoms with Crippen molar-refractivity contribution in [3.05, 3.63) is 106 Å². The number of nitrogens with one attached hydrogen (secondary N) is 2. The van der Waals surface area contributed by atoms with Crippen LogP contribution in [0.25, 0.3) is 5.83 Å². The van der Waals surface area contributed by atoms with Crippen LogP contribution >= 0.6 is 0 Å². The van der Waals surface area contributed by atoms with Gasteiger partial charge in [0.25, 0.3) is 15.9 Å². The van der Waals surface area contributed by atoms with Gasteiger partial charge in [-0.2, -0.15) is 0 Å². The zero-order valence-corrected chi connectivity index (χ0v) is 41.1. The molecule has 5 N–H and O–H groups in total. The third-order valence-electron chi connectivity index (χ3n) is 15.5. The molecule has 4 heterocycles. The van der Waals surface area contributed by atoms with Crippen molar-refractivity contribution in [1.29, 1.82) is 0 Å². The minimum Gasteiger partial charge on any atom is -0.758 e. The van der Waals surface area contributed by atoms with Crippen molar-refractivity contribution in [1.82, 2.24) is 24.5 Å². The molecule has 1 spiro atoms. The largest absolute Gasteiger partial charge is 0.758 e. The molecule has 15 nitrogen and oxygen atoms in total. The molecule has 0 bridgehead atoms. The van der Waals surface area contributed by atoms with Gasteiger partial charge in [0.2, 0.25) is 0 Å². The van der Waals surface area contributed by atoms with Crippen molar-refractivity contribution < 1.29 is 27.4 Å². The first-order valence-corrected chi connectivity index (χ1v) is 26.1. The molecule has 0 radical (unpaired) electrons. The highest BCUT2D eigenvalue weighted by molar-refractivity contribution is 7.90. The van der Waals surface area contributed by atoms with E-state index in [9.17, 15) is 27.9 Å². The van der Waals surface area contributed by atoms with Gasteiger partial charge in [-0.15, -0.1) is 0 Å². The molecular formula is C52H67FN9O6S-. The number of hydrogen-bond acceptors (Lipinski definition) is 14. The van der Waals surface area contributed by atoms with Crippen LogP contribution in [0.3, 0.4) is 0 Å². The number of aliphatic hydroxyl groups is 1. The van der Waals surface area contributed by atoms with Gasteiger partial charge in [0, 0.05) is 94.4 Å². The monoisotopic (exact) mass is 964 g/mol. The van der Waals surface area contributed by atoms with Gasteiger partial charge < -0.3 is 36.1 Å². The van der Waals surface area contributed by atoms with Crippen LogP contribution < -0.4 is 30.5 Å². The van der Waals surface area contributed by atoms with E-state index in [4.69, 9.17) is 10.5 Å². The lowest BCUT2D eigenvalue weighted by molar-refractivity contribution is -0.0612. The summed E-state index contributed by atoms with van der Waals surface area (Å²) in [7, 11) is -3.30. The van der Waals surface area contributed by atoms with Crippen molar-refractivity contribution >= 4 is 38.9 Å². The van der Waals surface area contributed by atoms with Gasteiger partial charge in [-0.05, 0) is 124 Å². The highest BCUT2D eigenvalue weighted by atomic mass is 32.2. The molecule has 1 amide bonds. The maximum atomic E-state index is 14.7. The summed E-state index contributed by atoms with van der Waals surface area (Å²) in [5, 5.41) is 26.8. The molecule has 2 saturated heterocycles. The lowest BCUT2D eigenvalue weighted by Gasteiger charge is -2.58. The van der Waals surface area contributed by atoms with Gasteiger partial charge in [0.05, 0.1) is 28.7 Å². The number of carbonyl (C=O) groups excluding carboxylic acids is 1. The second-order valence-corrected chi connectivity index (χ2v) is 22.4. The third-order valence-corrected chi connectivity index (χ3v) is 16.8. The van der Waals surface area contributed by atoms with E-state index in [0.29, 0.717) is 66.7 Å². The van der Waals surface area contributed by atoms with Crippen LogP contribution in [0.2, 0.25) is 0 Å². The van der Waals surface area contributed by atoms with Crippen molar-refractivity contribution in [3.8, 4) is 11.5 Å². The molecule has 2 aromatic carbocycles. The Kier molecular flexibility index (Phi) is 14.1. The van der Waals surface area contributed by atoms with E-state index >= 15 is 0 Å². The van der Waals surface area contributed by atoms with Crippen LogP contribution in [0.15, 0.2) is 78.0 Å². The number of fused-ring (bicyclic) bond motifs is 1. The molecule has 4 aromatic rings. The summed E-state index contributed by atoms with van der Waals surface area (Å²) >= 11 is 0. The predicted molar refractivity (Wildman–Crippen MR) is 268 cm³/mol. The fourth-order valence-electron chi connectivity index (χ4n) is 11.4. The van der Waals surface area contributed by atoms with Gasteiger partial charge in [-0.1, -0.05) is 38.1 Å². The molecule has 5 aliphatic rings. The van der Waals surface area contributed by atoms with Crippen LogP contribution in [0.1, 0.15) is 117 Å². The van der Waals surface area contributed by atoms with Crippen LogP contribution in [-0.4, -0.2) is 110 Å². The van der Waals surface area contributed by atoms with Crippen molar-refractivity contribution in [3.63, 3.8) is 0 Å². The second kappa shape index (κ2) is 19.9.